The van der Waals surface area contributed by atoms with Gasteiger partial charge in [0.15, 0.2) is 0 Å². The van der Waals surface area contributed by atoms with Crippen LogP contribution < -0.4 is 0 Å². The lowest BCUT2D eigenvalue weighted by atomic mass is 10.1. The highest BCUT2D eigenvalue weighted by Crippen LogP contribution is 2.41. The molecular weight excluding hydrogens is 352 g/mol. The lowest BCUT2D eigenvalue weighted by Crippen LogP contribution is -2.10. The molecule has 0 amide bonds. The van der Waals surface area contributed by atoms with E-state index in [0.29, 0.717) is 29.8 Å². The van der Waals surface area contributed by atoms with E-state index in [-0.39, 0.29) is 17.3 Å². The first kappa shape index (κ1) is 18.1. The predicted octanol–water partition coefficient (Wildman–Crippen LogP) is 4.82. The number of aliphatic hydroxyl groups is 1. The summed E-state index contributed by atoms with van der Waals surface area (Å²) in [5.41, 5.74) is 0.801. The largest absolute Gasteiger partial charge is 0.417 e. The third-order valence-electron chi connectivity index (χ3n) is 3.59. The summed E-state index contributed by atoms with van der Waals surface area (Å²) in [6.07, 6.45) is -3.60. The van der Waals surface area contributed by atoms with Crippen molar-refractivity contribution in [2.45, 2.75) is 39.5 Å². The van der Waals surface area contributed by atoms with Crippen LogP contribution in [0.25, 0.3) is 5.69 Å². The van der Waals surface area contributed by atoms with Gasteiger partial charge in [0.25, 0.3) is 0 Å². The number of nitrogens with zero attached hydrogens (tertiary/aromatic N) is 2. The number of hydrogen-bond donors (Lipinski definition) is 1. The molecule has 1 aromatic heterocycles. The average molecular weight is 367 g/mol. The van der Waals surface area contributed by atoms with Crippen molar-refractivity contribution in [1.29, 1.82) is 0 Å². The summed E-state index contributed by atoms with van der Waals surface area (Å²) in [7, 11) is 0. The molecule has 0 saturated carbocycles. The lowest BCUT2D eigenvalue weighted by molar-refractivity contribution is -0.137. The topological polar surface area (TPSA) is 38.0 Å². The predicted molar refractivity (Wildman–Crippen MR) is 83.3 cm³/mol. The van der Waals surface area contributed by atoms with Gasteiger partial charge in [-0.05, 0) is 25.0 Å². The first-order valence-electron chi connectivity index (χ1n) is 7.02. The molecule has 0 bridgehead atoms. The van der Waals surface area contributed by atoms with Crippen molar-refractivity contribution in [2.75, 3.05) is 0 Å². The second-order valence-electron chi connectivity index (χ2n) is 4.90. The molecule has 23 heavy (non-hydrogen) atoms. The summed E-state index contributed by atoms with van der Waals surface area (Å²) < 4.78 is 40.5. The van der Waals surface area contributed by atoms with Crippen molar-refractivity contribution < 1.29 is 18.3 Å². The Labute approximate surface area is 141 Å². The molecule has 1 aromatic carbocycles. The highest BCUT2D eigenvalue weighted by molar-refractivity contribution is 6.38. The number of halogens is 5. The molecule has 0 unspecified atom stereocenters. The maximum atomic E-state index is 13.1. The number of benzene rings is 1. The first-order chi connectivity index (χ1) is 10.8. The molecule has 0 aliphatic rings. The summed E-state index contributed by atoms with van der Waals surface area (Å²) in [6, 6.07) is 1.99. The molecular formula is C15H15Cl2F3N2O. The Morgan fingerprint density at radius 2 is 1.83 bits per heavy atom. The maximum absolute atomic E-state index is 13.1. The van der Waals surface area contributed by atoms with Crippen molar-refractivity contribution in [2.24, 2.45) is 0 Å². The van der Waals surface area contributed by atoms with Crippen LogP contribution in [0.5, 0.6) is 0 Å². The number of aromatic nitrogens is 2. The van der Waals surface area contributed by atoms with E-state index in [1.165, 1.54) is 4.68 Å². The zero-order chi connectivity index (χ0) is 17.4. The van der Waals surface area contributed by atoms with Gasteiger partial charge in [0.05, 0.1) is 27.9 Å². The van der Waals surface area contributed by atoms with Crippen LogP contribution in [0.2, 0.25) is 10.0 Å². The van der Waals surface area contributed by atoms with Crippen molar-refractivity contribution in [3.63, 3.8) is 0 Å². The molecule has 0 saturated heterocycles. The Kier molecular flexibility index (Phi) is 5.28. The quantitative estimate of drug-likeness (QED) is 0.842. The third-order valence-corrected chi connectivity index (χ3v) is 4.27. The van der Waals surface area contributed by atoms with Crippen molar-refractivity contribution in [3.05, 3.63) is 44.7 Å². The maximum Gasteiger partial charge on any atom is 0.417 e. The van der Waals surface area contributed by atoms with Crippen molar-refractivity contribution >= 4 is 23.2 Å². The minimum Gasteiger partial charge on any atom is -0.392 e. The van der Waals surface area contributed by atoms with Crippen LogP contribution in [-0.2, 0) is 25.6 Å². The first-order valence-corrected chi connectivity index (χ1v) is 7.77. The SMILES string of the molecule is CCc1nn(-c2c(Cl)ccc(C(F)(F)F)c2Cl)c(CC)c1CO. The van der Waals surface area contributed by atoms with Gasteiger partial charge < -0.3 is 5.11 Å². The Morgan fingerprint density at radius 3 is 2.30 bits per heavy atom. The van der Waals surface area contributed by atoms with E-state index in [9.17, 15) is 18.3 Å². The summed E-state index contributed by atoms with van der Waals surface area (Å²) in [5, 5.41) is 13.4. The number of aliphatic hydroxyl groups excluding tert-OH is 1. The number of hydrogen-bond acceptors (Lipinski definition) is 2. The third kappa shape index (κ3) is 3.20. The van der Waals surface area contributed by atoms with Gasteiger partial charge in [0.1, 0.15) is 5.69 Å². The fraction of sp³-hybridized carbons (Fsp3) is 0.400. The van der Waals surface area contributed by atoms with Gasteiger partial charge in [0, 0.05) is 11.3 Å². The molecule has 2 aromatic rings. The molecule has 0 spiro atoms. The van der Waals surface area contributed by atoms with E-state index in [4.69, 9.17) is 23.2 Å². The van der Waals surface area contributed by atoms with E-state index in [2.05, 4.69) is 5.10 Å². The van der Waals surface area contributed by atoms with Gasteiger partial charge in [-0.25, -0.2) is 4.68 Å². The van der Waals surface area contributed by atoms with Gasteiger partial charge in [0.2, 0.25) is 0 Å². The molecule has 2 rings (SSSR count). The second-order valence-corrected chi connectivity index (χ2v) is 5.69. The smallest absolute Gasteiger partial charge is 0.392 e. The minimum atomic E-state index is -4.59. The van der Waals surface area contributed by atoms with Crippen LogP contribution in [0.3, 0.4) is 0 Å². The summed E-state index contributed by atoms with van der Waals surface area (Å²) >= 11 is 12.1. The van der Waals surface area contributed by atoms with Gasteiger partial charge in [-0.3, -0.25) is 0 Å². The Morgan fingerprint density at radius 1 is 1.17 bits per heavy atom. The molecule has 0 fully saturated rings. The standard InChI is InChI=1S/C15H15Cl2F3N2O/c1-3-11-8(7-23)12(4-2)22(21-11)14-10(16)6-5-9(13(14)17)15(18,19)20/h5-6,23H,3-4,7H2,1-2H3. The molecule has 126 valence electrons. The highest BCUT2D eigenvalue weighted by Gasteiger charge is 2.35. The Hall–Kier alpha value is -1.24. The van der Waals surface area contributed by atoms with Crippen molar-refractivity contribution in [3.8, 4) is 5.69 Å². The lowest BCUT2D eigenvalue weighted by Gasteiger charge is -2.15. The molecule has 0 radical (unpaired) electrons. The fourth-order valence-electron chi connectivity index (χ4n) is 2.50. The zero-order valence-corrected chi connectivity index (χ0v) is 14.0. The van der Waals surface area contributed by atoms with Crippen LogP contribution >= 0.6 is 23.2 Å². The number of alkyl halides is 3. The van der Waals surface area contributed by atoms with Gasteiger partial charge in [-0.2, -0.15) is 18.3 Å². The summed E-state index contributed by atoms with van der Waals surface area (Å²) in [5.74, 6) is 0. The summed E-state index contributed by atoms with van der Waals surface area (Å²) in [4.78, 5) is 0. The van der Waals surface area contributed by atoms with E-state index >= 15 is 0 Å². The molecule has 0 aliphatic carbocycles. The van der Waals surface area contributed by atoms with E-state index in [0.717, 1.165) is 12.1 Å². The summed E-state index contributed by atoms with van der Waals surface area (Å²) in [6.45, 7) is 3.42. The Bertz CT molecular complexity index is 726. The Balaban J connectivity index is 2.79. The second kappa shape index (κ2) is 6.71. The van der Waals surface area contributed by atoms with Crippen LogP contribution in [-0.4, -0.2) is 14.9 Å². The monoisotopic (exact) mass is 366 g/mol. The van der Waals surface area contributed by atoms with Gasteiger partial charge >= 0.3 is 6.18 Å². The molecule has 0 aliphatic heterocycles. The molecule has 3 nitrogen and oxygen atoms in total. The van der Waals surface area contributed by atoms with Crippen LogP contribution in [0.1, 0.15) is 36.4 Å². The van der Waals surface area contributed by atoms with Crippen LogP contribution in [0, 0.1) is 0 Å². The molecule has 1 N–H and O–H groups in total. The highest BCUT2D eigenvalue weighted by atomic mass is 35.5. The van der Waals surface area contributed by atoms with Gasteiger partial charge in [-0.1, -0.05) is 37.0 Å². The molecule has 0 atom stereocenters. The van der Waals surface area contributed by atoms with Crippen LogP contribution in [0.4, 0.5) is 13.2 Å². The minimum absolute atomic E-state index is 0.0191. The fourth-order valence-corrected chi connectivity index (χ4v) is 3.14. The van der Waals surface area contributed by atoms with Crippen molar-refractivity contribution in [1.82, 2.24) is 9.78 Å². The van der Waals surface area contributed by atoms with E-state index in [1.54, 1.807) is 0 Å². The number of aryl methyl sites for hydroxylation is 1. The zero-order valence-electron chi connectivity index (χ0n) is 12.5. The molecule has 1 heterocycles. The average Bonchev–Trinajstić information content (AvgIpc) is 2.83. The van der Waals surface area contributed by atoms with E-state index < -0.39 is 16.8 Å². The van der Waals surface area contributed by atoms with E-state index in [1.807, 2.05) is 13.8 Å². The molecule has 8 heteroatoms. The van der Waals surface area contributed by atoms with Gasteiger partial charge in [-0.15, -0.1) is 0 Å². The normalized spacial score (nSPS) is 12.0. The number of rotatable bonds is 4. The van der Waals surface area contributed by atoms with Crippen LogP contribution in [0.15, 0.2) is 12.1 Å².